The second-order valence-corrected chi connectivity index (χ2v) is 3.85. The molecule has 0 saturated carbocycles. The lowest BCUT2D eigenvalue weighted by Gasteiger charge is -2.16. The Kier molecular flexibility index (Phi) is 6.04. The first kappa shape index (κ1) is 13.1. The van der Waals surface area contributed by atoms with Gasteiger partial charge in [0.2, 0.25) is 0 Å². The molecule has 0 bridgehead atoms. The lowest BCUT2D eigenvalue weighted by Crippen LogP contribution is -2.16. The summed E-state index contributed by atoms with van der Waals surface area (Å²) in [5.74, 6) is -0.231. The number of hydrogen-bond acceptors (Lipinski definition) is 2. The van der Waals surface area contributed by atoms with Gasteiger partial charge in [0.1, 0.15) is 5.82 Å². The first-order valence-electron chi connectivity index (χ1n) is 5.85. The fraction of sp³-hybridized carbons (Fsp3) is 0.538. The molecule has 90 valence electrons. The Bertz CT molecular complexity index is 286. The van der Waals surface area contributed by atoms with Gasteiger partial charge in [-0.2, -0.15) is 0 Å². The molecule has 0 fully saturated rings. The van der Waals surface area contributed by atoms with Crippen molar-refractivity contribution < 1.29 is 9.13 Å². The molecule has 0 spiro atoms. The third-order valence-corrected chi connectivity index (χ3v) is 2.52. The molecule has 1 atom stereocenters. The summed E-state index contributed by atoms with van der Waals surface area (Å²) in [7, 11) is 0. The van der Waals surface area contributed by atoms with Gasteiger partial charge in [-0.3, -0.25) is 0 Å². The molecule has 3 heteroatoms. The highest BCUT2D eigenvalue weighted by atomic mass is 19.1. The molecule has 1 rings (SSSR count). The van der Waals surface area contributed by atoms with Crippen molar-refractivity contribution in [3.63, 3.8) is 0 Å². The average molecular weight is 225 g/mol. The smallest absolute Gasteiger partial charge is 0.123 e. The molecule has 0 saturated heterocycles. The molecule has 1 aromatic carbocycles. The highest BCUT2D eigenvalue weighted by molar-refractivity contribution is 5.18. The zero-order chi connectivity index (χ0) is 11.8. The van der Waals surface area contributed by atoms with E-state index in [4.69, 9.17) is 10.5 Å². The molecule has 0 aliphatic rings. The van der Waals surface area contributed by atoms with Crippen molar-refractivity contribution in [2.24, 2.45) is 5.73 Å². The van der Waals surface area contributed by atoms with E-state index in [1.807, 2.05) is 0 Å². The second kappa shape index (κ2) is 7.36. The van der Waals surface area contributed by atoms with Crippen molar-refractivity contribution in [1.29, 1.82) is 0 Å². The zero-order valence-electron chi connectivity index (χ0n) is 9.79. The predicted molar refractivity (Wildman–Crippen MR) is 63.7 cm³/mol. The van der Waals surface area contributed by atoms with Gasteiger partial charge in [0.25, 0.3) is 0 Å². The first-order chi connectivity index (χ1) is 7.77. The lowest BCUT2D eigenvalue weighted by molar-refractivity contribution is 0.0559. The molecule has 0 amide bonds. The van der Waals surface area contributed by atoms with Gasteiger partial charge in [0, 0.05) is 13.2 Å². The van der Waals surface area contributed by atoms with Crippen LogP contribution in [0, 0.1) is 5.82 Å². The van der Waals surface area contributed by atoms with Gasteiger partial charge in [-0.1, -0.05) is 31.9 Å². The van der Waals surface area contributed by atoms with Crippen LogP contribution in [0.15, 0.2) is 24.3 Å². The van der Waals surface area contributed by atoms with E-state index in [1.54, 1.807) is 12.1 Å². The van der Waals surface area contributed by atoms with Gasteiger partial charge in [-0.05, 0) is 24.1 Å². The van der Waals surface area contributed by atoms with E-state index in [-0.39, 0.29) is 11.9 Å². The Morgan fingerprint density at radius 1 is 1.25 bits per heavy atom. The predicted octanol–water partition coefficient (Wildman–Crippen LogP) is 3.03. The van der Waals surface area contributed by atoms with E-state index >= 15 is 0 Å². The summed E-state index contributed by atoms with van der Waals surface area (Å²) < 4.78 is 18.4. The molecule has 0 heterocycles. The summed E-state index contributed by atoms with van der Waals surface area (Å²) >= 11 is 0. The zero-order valence-corrected chi connectivity index (χ0v) is 9.79. The van der Waals surface area contributed by atoms with Crippen LogP contribution in [0.25, 0.3) is 0 Å². The molecule has 0 radical (unpaired) electrons. The van der Waals surface area contributed by atoms with E-state index in [0.29, 0.717) is 13.2 Å². The SMILES string of the molecule is CCCCCOC(CN)c1ccc(F)cc1. The van der Waals surface area contributed by atoms with E-state index in [1.165, 1.54) is 25.0 Å². The summed E-state index contributed by atoms with van der Waals surface area (Å²) in [6, 6.07) is 6.33. The van der Waals surface area contributed by atoms with Crippen molar-refractivity contribution in [3.8, 4) is 0 Å². The minimum Gasteiger partial charge on any atom is -0.372 e. The molecule has 2 N–H and O–H groups in total. The number of hydrogen-bond donors (Lipinski definition) is 1. The minimum atomic E-state index is -0.231. The Hall–Kier alpha value is -0.930. The van der Waals surface area contributed by atoms with Gasteiger partial charge in [-0.15, -0.1) is 0 Å². The largest absolute Gasteiger partial charge is 0.372 e. The highest BCUT2D eigenvalue weighted by Gasteiger charge is 2.09. The first-order valence-corrected chi connectivity index (χ1v) is 5.85. The summed E-state index contributed by atoms with van der Waals surface area (Å²) in [6.45, 7) is 3.30. The average Bonchev–Trinajstić information content (AvgIpc) is 2.31. The van der Waals surface area contributed by atoms with Crippen LogP contribution in [0.5, 0.6) is 0 Å². The Morgan fingerprint density at radius 2 is 1.94 bits per heavy atom. The lowest BCUT2D eigenvalue weighted by atomic mass is 10.1. The second-order valence-electron chi connectivity index (χ2n) is 3.85. The molecule has 16 heavy (non-hydrogen) atoms. The molecule has 0 aromatic heterocycles. The minimum absolute atomic E-state index is 0.113. The van der Waals surface area contributed by atoms with Crippen LogP contribution in [-0.4, -0.2) is 13.2 Å². The third kappa shape index (κ3) is 4.29. The van der Waals surface area contributed by atoms with Crippen LogP contribution in [-0.2, 0) is 4.74 Å². The van der Waals surface area contributed by atoms with Crippen LogP contribution in [0.1, 0.15) is 37.9 Å². The molecule has 1 unspecified atom stereocenters. The van der Waals surface area contributed by atoms with Gasteiger partial charge >= 0.3 is 0 Å². The quantitative estimate of drug-likeness (QED) is 0.724. The van der Waals surface area contributed by atoms with Gasteiger partial charge < -0.3 is 10.5 Å². The summed E-state index contributed by atoms with van der Waals surface area (Å²) in [5, 5.41) is 0. The number of halogens is 1. The molecule has 2 nitrogen and oxygen atoms in total. The van der Waals surface area contributed by atoms with Crippen LogP contribution in [0.4, 0.5) is 4.39 Å². The van der Waals surface area contributed by atoms with E-state index in [0.717, 1.165) is 12.0 Å². The monoisotopic (exact) mass is 225 g/mol. The number of rotatable bonds is 7. The molecular formula is C13H20FNO. The van der Waals surface area contributed by atoms with Gasteiger partial charge in [0.15, 0.2) is 0 Å². The molecule has 0 aliphatic heterocycles. The van der Waals surface area contributed by atoms with Crippen LogP contribution in [0.3, 0.4) is 0 Å². The van der Waals surface area contributed by atoms with Crippen molar-refractivity contribution in [1.82, 2.24) is 0 Å². The van der Waals surface area contributed by atoms with Crippen LogP contribution < -0.4 is 5.73 Å². The molecule has 0 aliphatic carbocycles. The van der Waals surface area contributed by atoms with Crippen LogP contribution >= 0.6 is 0 Å². The van der Waals surface area contributed by atoms with Crippen molar-refractivity contribution in [2.45, 2.75) is 32.3 Å². The van der Waals surface area contributed by atoms with E-state index < -0.39 is 0 Å². The number of benzene rings is 1. The van der Waals surface area contributed by atoms with Gasteiger partial charge in [-0.25, -0.2) is 4.39 Å². The topological polar surface area (TPSA) is 35.2 Å². The van der Waals surface area contributed by atoms with Crippen molar-refractivity contribution in [3.05, 3.63) is 35.6 Å². The number of nitrogens with two attached hydrogens (primary N) is 1. The highest BCUT2D eigenvalue weighted by Crippen LogP contribution is 2.17. The maximum atomic E-state index is 12.7. The maximum Gasteiger partial charge on any atom is 0.123 e. The normalized spacial score (nSPS) is 12.7. The maximum absolute atomic E-state index is 12.7. The van der Waals surface area contributed by atoms with Crippen LogP contribution in [0.2, 0.25) is 0 Å². The summed E-state index contributed by atoms with van der Waals surface area (Å²) in [4.78, 5) is 0. The molecule has 1 aromatic rings. The Labute approximate surface area is 96.6 Å². The van der Waals surface area contributed by atoms with Crippen molar-refractivity contribution >= 4 is 0 Å². The van der Waals surface area contributed by atoms with E-state index in [2.05, 4.69) is 6.92 Å². The summed E-state index contributed by atoms with van der Waals surface area (Å²) in [5.41, 5.74) is 6.58. The fourth-order valence-electron chi connectivity index (χ4n) is 1.56. The Morgan fingerprint density at radius 3 is 2.50 bits per heavy atom. The standard InChI is InChI=1S/C13H20FNO/c1-2-3-4-9-16-13(10-15)11-5-7-12(14)8-6-11/h5-8,13H,2-4,9-10,15H2,1H3. The van der Waals surface area contributed by atoms with E-state index in [9.17, 15) is 4.39 Å². The third-order valence-electron chi connectivity index (χ3n) is 2.52. The summed E-state index contributed by atoms with van der Waals surface area (Å²) in [6.07, 6.45) is 3.28. The fourth-order valence-corrected chi connectivity index (χ4v) is 1.56. The van der Waals surface area contributed by atoms with Gasteiger partial charge in [0.05, 0.1) is 6.10 Å². The van der Waals surface area contributed by atoms with Crippen molar-refractivity contribution in [2.75, 3.05) is 13.2 Å². The number of unbranched alkanes of at least 4 members (excludes halogenated alkanes) is 2. The number of ether oxygens (including phenoxy) is 1. The Balaban J connectivity index is 2.44. The molecular weight excluding hydrogens is 205 g/mol.